The molecular weight excluding hydrogens is 304 g/mol. The second-order valence-corrected chi connectivity index (χ2v) is 4.88. The van der Waals surface area contributed by atoms with Gasteiger partial charge in [-0.05, 0) is 35.9 Å². The van der Waals surface area contributed by atoms with Crippen LogP contribution in [0.4, 0.5) is 10.1 Å². The van der Waals surface area contributed by atoms with Crippen molar-refractivity contribution in [3.8, 4) is 0 Å². The molecule has 0 radical (unpaired) electrons. The number of hydrogen-bond acceptors (Lipinski definition) is 3. The highest BCUT2D eigenvalue weighted by Gasteiger charge is 2.13. The van der Waals surface area contributed by atoms with Crippen LogP contribution in [-0.4, -0.2) is 5.97 Å². The second-order valence-electron chi connectivity index (χ2n) is 4.06. The van der Waals surface area contributed by atoms with Crippen molar-refractivity contribution in [1.29, 1.82) is 0 Å². The van der Waals surface area contributed by atoms with Crippen molar-refractivity contribution < 1.29 is 13.9 Å². The molecule has 3 nitrogen and oxygen atoms in total. The molecule has 104 valence electrons. The maximum atomic E-state index is 13.5. The Kier molecular flexibility index (Phi) is 4.47. The van der Waals surface area contributed by atoms with E-state index >= 15 is 0 Å². The Balaban J connectivity index is 2.06. The summed E-state index contributed by atoms with van der Waals surface area (Å²) in [5, 5.41) is 0.769. The molecule has 0 unspecified atom stereocenters. The minimum Gasteiger partial charge on any atom is -0.457 e. The van der Waals surface area contributed by atoms with E-state index in [1.165, 1.54) is 12.1 Å². The summed E-state index contributed by atoms with van der Waals surface area (Å²) in [5.74, 6) is -1.49. The van der Waals surface area contributed by atoms with Crippen LogP contribution in [0.25, 0.3) is 0 Å². The summed E-state index contributed by atoms with van der Waals surface area (Å²) in [6, 6.07) is 8.62. The van der Waals surface area contributed by atoms with Crippen molar-refractivity contribution in [3.05, 3.63) is 63.4 Å². The Hall–Kier alpha value is -1.78. The quantitative estimate of drug-likeness (QED) is 0.686. The van der Waals surface area contributed by atoms with E-state index in [9.17, 15) is 9.18 Å². The van der Waals surface area contributed by atoms with E-state index in [2.05, 4.69) is 0 Å². The summed E-state index contributed by atoms with van der Waals surface area (Å²) in [5.41, 5.74) is 6.13. The van der Waals surface area contributed by atoms with Crippen LogP contribution in [0.3, 0.4) is 0 Å². The molecule has 0 saturated heterocycles. The molecule has 0 amide bonds. The van der Waals surface area contributed by atoms with Gasteiger partial charge < -0.3 is 10.5 Å². The van der Waals surface area contributed by atoms with Gasteiger partial charge in [-0.3, -0.25) is 0 Å². The number of benzene rings is 2. The zero-order valence-electron chi connectivity index (χ0n) is 10.2. The van der Waals surface area contributed by atoms with E-state index in [0.717, 1.165) is 6.07 Å². The fraction of sp³-hybridized carbons (Fsp3) is 0.0714. The molecule has 0 spiro atoms. The SMILES string of the molecule is Nc1ccc(C(=O)OCc2ccc(Cl)c(Cl)c2)c(F)c1. The minimum absolute atomic E-state index is 0.0282. The summed E-state index contributed by atoms with van der Waals surface area (Å²) >= 11 is 11.6. The van der Waals surface area contributed by atoms with Crippen LogP contribution in [0, 0.1) is 5.82 Å². The zero-order valence-corrected chi connectivity index (χ0v) is 11.7. The first kappa shape index (κ1) is 14.6. The fourth-order valence-electron chi connectivity index (χ4n) is 1.55. The lowest BCUT2D eigenvalue weighted by Gasteiger charge is -2.07. The lowest BCUT2D eigenvalue weighted by atomic mass is 10.2. The highest BCUT2D eigenvalue weighted by Crippen LogP contribution is 2.23. The predicted molar refractivity (Wildman–Crippen MR) is 76.4 cm³/mol. The van der Waals surface area contributed by atoms with Crippen molar-refractivity contribution in [2.45, 2.75) is 6.61 Å². The number of halogens is 3. The van der Waals surface area contributed by atoms with Gasteiger partial charge in [-0.15, -0.1) is 0 Å². The molecule has 0 fully saturated rings. The third kappa shape index (κ3) is 3.40. The average molecular weight is 314 g/mol. The molecule has 2 rings (SSSR count). The van der Waals surface area contributed by atoms with Crippen LogP contribution in [0.1, 0.15) is 15.9 Å². The summed E-state index contributed by atoms with van der Waals surface area (Å²) < 4.78 is 18.5. The standard InChI is InChI=1S/C14H10Cl2FNO2/c15-11-4-1-8(5-12(11)16)7-20-14(19)10-3-2-9(18)6-13(10)17/h1-6H,7,18H2. The van der Waals surface area contributed by atoms with Crippen LogP contribution in [-0.2, 0) is 11.3 Å². The third-order valence-electron chi connectivity index (χ3n) is 2.57. The molecule has 20 heavy (non-hydrogen) atoms. The number of nitrogens with two attached hydrogens (primary N) is 1. The molecule has 6 heteroatoms. The van der Waals surface area contributed by atoms with Gasteiger partial charge in [0, 0.05) is 5.69 Å². The number of ether oxygens (including phenoxy) is 1. The molecule has 0 aliphatic carbocycles. The lowest BCUT2D eigenvalue weighted by molar-refractivity contribution is 0.0467. The van der Waals surface area contributed by atoms with Gasteiger partial charge in [0.05, 0.1) is 15.6 Å². The van der Waals surface area contributed by atoms with Crippen LogP contribution in [0.15, 0.2) is 36.4 Å². The van der Waals surface area contributed by atoms with Crippen molar-refractivity contribution in [2.24, 2.45) is 0 Å². The van der Waals surface area contributed by atoms with Gasteiger partial charge in [0.25, 0.3) is 0 Å². The number of nitrogen functional groups attached to an aromatic ring is 1. The van der Waals surface area contributed by atoms with E-state index in [0.29, 0.717) is 15.6 Å². The molecule has 0 aromatic heterocycles. The van der Waals surface area contributed by atoms with E-state index in [1.54, 1.807) is 18.2 Å². The highest BCUT2D eigenvalue weighted by atomic mass is 35.5. The molecule has 2 aromatic carbocycles. The molecule has 0 saturated carbocycles. The smallest absolute Gasteiger partial charge is 0.341 e. The molecule has 2 aromatic rings. The first-order valence-electron chi connectivity index (χ1n) is 5.63. The summed E-state index contributed by atoms with van der Waals surface area (Å²) in [4.78, 5) is 11.7. The van der Waals surface area contributed by atoms with Gasteiger partial charge in [0.2, 0.25) is 0 Å². The van der Waals surface area contributed by atoms with Gasteiger partial charge >= 0.3 is 5.97 Å². The molecule has 0 bridgehead atoms. The normalized spacial score (nSPS) is 10.3. The first-order valence-corrected chi connectivity index (χ1v) is 6.39. The molecule has 0 atom stereocenters. The van der Waals surface area contributed by atoms with E-state index in [1.807, 2.05) is 0 Å². The van der Waals surface area contributed by atoms with E-state index in [4.69, 9.17) is 33.7 Å². The van der Waals surface area contributed by atoms with Gasteiger partial charge in [0.15, 0.2) is 0 Å². The number of hydrogen-bond donors (Lipinski definition) is 1. The van der Waals surface area contributed by atoms with Crippen molar-refractivity contribution in [1.82, 2.24) is 0 Å². The second kappa shape index (κ2) is 6.11. The van der Waals surface area contributed by atoms with E-state index in [-0.39, 0.29) is 17.9 Å². The predicted octanol–water partition coefficient (Wildman–Crippen LogP) is 4.07. The maximum Gasteiger partial charge on any atom is 0.341 e. The van der Waals surface area contributed by atoms with Crippen molar-refractivity contribution in [3.63, 3.8) is 0 Å². The minimum atomic E-state index is -0.770. The van der Waals surface area contributed by atoms with Gasteiger partial charge in [-0.2, -0.15) is 0 Å². The van der Waals surface area contributed by atoms with Crippen LogP contribution in [0.5, 0.6) is 0 Å². The third-order valence-corrected chi connectivity index (χ3v) is 3.31. The molecule has 0 aliphatic heterocycles. The van der Waals surface area contributed by atoms with Gasteiger partial charge in [-0.25, -0.2) is 9.18 Å². The molecule has 0 heterocycles. The van der Waals surface area contributed by atoms with Crippen molar-refractivity contribution >= 4 is 34.9 Å². The number of carbonyl (C=O) groups excluding carboxylic acids is 1. The number of rotatable bonds is 3. The Morgan fingerprint density at radius 1 is 1.15 bits per heavy atom. The Morgan fingerprint density at radius 3 is 2.55 bits per heavy atom. The Labute approximate surface area is 125 Å². The number of anilines is 1. The summed E-state index contributed by atoms with van der Waals surface area (Å²) in [7, 11) is 0. The van der Waals surface area contributed by atoms with Crippen LogP contribution in [0.2, 0.25) is 10.0 Å². The monoisotopic (exact) mass is 313 g/mol. The molecular formula is C14H10Cl2FNO2. The lowest BCUT2D eigenvalue weighted by Crippen LogP contribution is -2.08. The topological polar surface area (TPSA) is 52.3 Å². The highest BCUT2D eigenvalue weighted by molar-refractivity contribution is 6.42. The summed E-state index contributed by atoms with van der Waals surface area (Å²) in [6.07, 6.45) is 0. The molecule has 2 N–H and O–H groups in total. The number of esters is 1. The zero-order chi connectivity index (χ0) is 14.7. The largest absolute Gasteiger partial charge is 0.457 e. The summed E-state index contributed by atoms with van der Waals surface area (Å²) in [6.45, 7) is -0.0282. The van der Waals surface area contributed by atoms with Gasteiger partial charge in [-0.1, -0.05) is 29.3 Å². The van der Waals surface area contributed by atoms with Crippen molar-refractivity contribution in [2.75, 3.05) is 5.73 Å². The maximum absolute atomic E-state index is 13.5. The van der Waals surface area contributed by atoms with Crippen LogP contribution >= 0.6 is 23.2 Å². The fourth-order valence-corrected chi connectivity index (χ4v) is 1.87. The average Bonchev–Trinajstić information content (AvgIpc) is 2.40. The number of carbonyl (C=O) groups is 1. The first-order chi connectivity index (χ1) is 9.47. The van der Waals surface area contributed by atoms with Gasteiger partial charge in [0.1, 0.15) is 12.4 Å². The molecule has 0 aliphatic rings. The Bertz CT molecular complexity index is 662. The van der Waals surface area contributed by atoms with Crippen LogP contribution < -0.4 is 5.73 Å². The van der Waals surface area contributed by atoms with E-state index < -0.39 is 11.8 Å². The Morgan fingerprint density at radius 2 is 1.90 bits per heavy atom.